The summed E-state index contributed by atoms with van der Waals surface area (Å²) >= 11 is 0. The molecule has 4 heteroatoms. The Hall–Kier alpha value is -1.39. The van der Waals surface area contributed by atoms with Crippen molar-refractivity contribution in [2.75, 3.05) is 39.8 Å². The van der Waals surface area contributed by atoms with Gasteiger partial charge in [-0.15, -0.1) is 0 Å². The number of nitrogens with zero attached hydrogens (tertiary/aromatic N) is 3. The molecule has 1 aromatic carbocycles. The van der Waals surface area contributed by atoms with Crippen molar-refractivity contribution in [1.29, 1.82) is 0 Å². The number of fused-ring (bicyclic) bond motifs is 1. The minimum absolute atomic E-state index is 1.14. The maximum atomic E-state index is 4.13. The first-order chi connectivity index (χ1) is 9.33. The SMILES string of the molecule is CN1CCN(CCCc2cccc3[nH]ncc23)CC1. The molecule has 0 amide bonds. The monoisotopic (exact) mass is 258 g/mol. The number of aromatic amines is 1. The quantitative estimate of drug-likeness (QED) is 0.907. The number of hydrogen-bond donors (Lipinski definition) is 1. The van der Waals surface area contributed by atoms with Gasteiger partial charge in [-0.25, -0.2) is 0 Å². The second-order valence-electron chi connectivity index (χ2n) is 5.50. The molecule has 1 saturated heterocycles. The first-order valence-electron chi connectivity index (χ1n) is 7.15. The fourth-order valence-electron chi connectivity index (χ4n) is 2.81. The van der Waals surface area contributed by atoms with E-state index >= 15 is 0 Å². The van der Waals surface area contributed by atoms with Crippen molar-refractivity contribution in [2.24, 2.45) is 0 Å². The van der Waals surface area contributed by atoms with Crippen LogP contribution in [0, 0.1) is 0 Å². The third-order valence-corrected chi connectivity index (χ3v) is 4.09. The number of aryl methyl sites for hydroxylation is 1. The number of hydrogen-bond acceptors (Lipinski definition) is 3. The minimum atomic E-state index is 1.14. The molecule has 1 N–H and O–H groups in total. The molecule has 0 aliphatic carbocycles. The molecule has 1 aliphatic rings. The van der Waals surface area contributed by atoms with Gasteiger partial charge in [0, 0.05) is 31.6 Å². The molecule has 4 nitrogen and oxygen atoms in total. The Labute approximate surface area is 114 Å². The maximum Gasteiger partial charge on any atom is 0.0653 e. The number of nitrogens with one attached hydrogen (secondary N) is 1. The van der Waals surface area contributed by atoms with E-state index in [1.54, 1.807) is 0 Å². The standard InChI is InChI=1S/C15H22N4/c1-18-8-10-19(11-9-18)7-3-5-13-4-2-6-15-14(13)12-16-17-15/h2,4,6,12H,3,5,7-11H2,1H3,(H,16,17). The highest BCUT2D eigenvalue weighted by molar-refractivity contribution is 5.81. The van der Waals surface area contributed by atoms with Gasteiger partial charge in [-0.3, -0.25) is 5.10 Å². The Morgan fingerprint density at radius 1 is 1.21 bits per heavy atom. The third kappa shape index (κ3) is 2.96. The molecule has 0 radical (unpaired) electrons. The average Bonchev–Trinajstić information content (AvgIpc) is 2.90. The highest BCUT2D eigenvalue weighted by Gasteiger charge is 2.13. The van der Waals surface area contributed by atoms with Gasteiger partial charge >= 0.3 is 0 Å². The second-order valence-corrected chi connectivity index (χ2v) is 5.50. The molecule has 2 heterocycles. The molecular formula is C15H22N4. The molecule has 0 atom stereocenters. The lowest BCUT2D eigenvalue weighted by molar-refractivity contribution is 0.153. The lowest BCUT2D eigenvalue weighted by Gasteiger charge is -2.32. The van der Waals surface area contributed by atoms with E-state index in [1.807, 2.05) is 6.20 Å². The first kappa shape index (κ1) is 12.6. The minimum Gasteiger partial charge on any atom is -0.304 e. The summed E-state index contributed by atoms with van der Waals surface area (Å²) in [4.78, 5) is 4.98. The Morgan fingerprint density at radius 3 is 2.89 bits per heavy atom. The summed E-state index contributed by atoms with van der Waals surface area (Å²) in [6.07, 6.45) is 4.32. The van der Waals surface area contributed by atoms with Crippen LogP contribution in [-0.2, 0) is 6.42 Å². The fraction of sp³-hybridized carbons (Fsp3) is 0.533. The van der Waals surface area contributed by atoms with Crippen molar-refractivity contribution in [3.05, 3.63) is 30.0 Å². The Kier molecular flexibility index (Phi) is 3.80. The van der Waals surface area contributed by atoms with E-state index in [4.69, 9.17) is 0 Å². The Morgan fingerprint density at radius 2 is 2.05 bits per heavy atom. The van der Waals surface area contributed by atoms with Crippen LogP contribution in [0.4, 0.5) is 0 Å². The number of piperazine rings is 1. The number of H-pyrrole nitrogens is 1. The van der Waals surface area contributed by atoms with E-state index in [9.17, 15) is 0 Å². The van der Waals surface area contributed by atoms with Crippen LogP contribution in [0.3, 0.4) is 0 Å². The van der Waals surface area contributed by atoms with E-state index in [-0.39, 0.29) is 0 Å². The van der Waals surface area contributed by atoms with Gasteiger partial charge in [0.05, 0.1) is 11.7 Å². The zero-order valence-corrected chi connectivity index (χ0v) is 11.6. The van der Waals surface area contributed by atoms with E-state index in [0.717, 1.165) is 11.9 Å². The molecule has 1 aromatic heterocycles. The molecular weight excluding hydrogens is 236 g/mol. The summed E-state index contributed by atoms with van der Waals surface area (Å²) in [5.41, 5.74) is 2.57. The normalized spacial score (nSPS) is 18.2. The average molecular weight is 258 g/mol. The van der Waals surface area contributed by atoms with Gasteiger partial charge in [-0.2, -0.15) is 5.10 Å². The predicted octanol–water partition coefficient (Wildman–Crippen LogP) is 1.74. The lowest BCUT2D eigenvalue weighted by Crippen LogP contribution is -2.44. The van der Waals surface area contributed by atoms with Gasteiger partial charge in [0.2, 0.25) is 0 Å². The Balaban J connectivity index is 1.53. The lowest BCUT2D eigenvalue weighted by atomic mass is 10.1. The van der Waals surface area contributed by atoms with Crippen LogP contribution in [0.5, 0.6) is 0 Å². The van der Waals surface area contributed by atoms with E-state index < -0.39 is 0 Å². The van der Waals surface area contributed by atoms with E-state index in [0.29, 0.717) is 0 Å². The summed E-state index contributed by atoms with van der Waals surface area (Å²) in [6, 6.07) is 6.43. The summed E-state index contributed by atoms with van der Waals surface area (Å²) in [7, 11) is 2.21. The van der Waals surface area contributed by atoms with Gasteiger partial charge in [0.1, 0.15) is 0 Å². The fourth-order valence-corrected chi connectivity index (χ4v) is 2.81. The van der Waals surface area contributed by atoms with Crippen LogP contribution in [0.25, 0.3) is 10.9 Å². The summed E-state index contributed by atoms with van der Waals surface area (Å²) in [5.74, 6) is 0. The molecule has 1 fully saturated rings. The Bertz CT molecular complexity index is 526. The topological polar surface area (TPSA) is 35.2 Å². The van der Waals surface area contributed by atoms with Gasteiger partial charge in [0.25, 0.3) is 0 Å². The summed E-state index contributed by atoms with van der Waals surface area (Å²) in [5, 5.41) is 8.44. The van der Waals surface area contributed by atoms with Crippen molar-refractivity contribution in [2.45, 2.75) is 12.8 Å². The maximum absolute atomic E-state index is 4.13. The molecule has 3 rings (SSSR count). The van der Waals surface area contributed by atoms with E-state index in [1.165, 1.54) is 50.1 Å². The van der Waals surface area contributed by atoms with Crippen molar-refractivity contribution in [1.82, 2.24) is 20.0 Å². The zero-order chi connectivity index (χ0) is 13.1. The molecule has 19 heavy (non-hydrogen) atoms. The number of benzene rings is 1. The number of rotatable bonds is 4. The largest absolute Gasteiger partial charge is 0.304 e. The molecule has 2 aromatic rings. The van der Waals surface area contributed by atoms with Crippen molar-refractivity contribution in [3.8, 4) is 0 Å². The smallest absolute Gasteiger partial charge is 0.0653 e. The molecule has 1 aliphatic heterocycles. The highest BCUT2D eigenvalue weighted by atomic mass is 15.2. The van der Waals surface area contributed by atoms with Crippen LogP contribution >= 0.6 is 0 Å². The third-order valence-electron chi connectivity index (χ3n) is 4.09. The van der Waals surface area contributed by atoms with Crippen molar-refractivity contribution < 1.29 is 0 Å². The molecule has 0 bridgehead atoms. The van der Waals surface area contributed by atoms with Gasteiger partial charge in [-0.1, -0.05) is 12.1 Å². The van der Waals surface area contributed by atoms with Crippen molar-refractivity contribution >= 4 is 10.9 Å². The number of aromatic nitrogens is 2. The van der Waals surface area contributed by atoms with Crippen molar-refractivity contribution in [3.63, 3.8) is 0 Å². The van der Waals surface area contributed by atoms with Gasteiger partial charge < -0.3 is 9.80 Å². The van der Waals surface area contributed by atoms with E-state index in [2.05, 4.69) is 45.2 Å². The second kappa shape index (κ2) is 5.72. The molecule has 0 saturated carbocycles. The zero-order valence-electron chi connectivity index (χ0n) is 11.6. The summed E-state index contributed by atoms with van der Waals surface area (Å²) in [6.45, 7) is 6.05. The molecule has 0 spiro atoms. The van der Waals surface area contributed by atoms with Gasteiger partial charge in [-0.05, 0) is 38.1 Å². The van der Waals surface area contributed by atoms with Crippen LogP contribution < -0.4 is 0 Å². The number of likely N-dealkylation sites (N-methyl/N-ethyl adjacent to an activating group) is 1. The first-order valence-corrected chi connectivity index (χ1v) is 7.15. The molecule has 102 valence electrons. The van der Waals surface area contributed by atoms with Gasteiger partial charge in [0.15, 0.2) is 0 Å². The predicted molar refractivity (Wildman–Crippen MR) is 78.4 cm³/mol. The van der Waals surface area contributed by atoms with Crippen LogP contribution in [-0.4, -0.2) is 59.8 Å². The van der Waals surface area contributed by atoms with Crippen LogP contribution in [0.15, 0.2) is 24.4 Å². The van der Waals surface area contributed by atoms with Crippen LogP contribution in [0.2, 0.25) is 0 Å². The van der Waals surface area contributed by atoms with Crippen LogP contribution in [0.1, 0.15) is 12.0 Å². The summed E-state index contributed by atoms with van der Waals surface area (Å²) < 4.78 is 0. The highest BCUT2D eigenvalue weighted by Crippen LogP contribution is 2.17. The molecule has 0 unspecified atom stereocenters.